The number of nitrogens with one attached hydrogen (secondary N) is 1. The van der Waals surface area contributed by atoms with Crippen molar-refractivity contribution in [3.05, 3.63) is 42.2 Å². The smallest absolute Gasteiger partial charge is 0.161 e. The van der Waals surface area contributed by atoms with Crippen LogP contribution in [-0.4, -0.2) is 30.0 Å². The molecule has 108 valence electrons. The molecule has 2 aromatic rings. The maximum absolute atomic E-state index is 5.75. The van der Waals surface area contributed by atoms with Crippen molar-refractivity contribution in [3.63, 3.8) is 0 Å². The van der Waals surface area contributed by atoms with Crippen LogP contribution < -0.4 is 14.8 Å². The van der Waals surface area contributed by atoms with Gasteiger partial charge in [0.1, 0.15) is 6.61 Å². The normalized spacial score (nSPS) is 10.5. The van der Waals surface area contributed by atoms with Crippen LogP contribution in [0.2, 0.25) is 0 Å². The fourth-order valence-corrected chi connectivity index (χ4v) is 1.89. The lowest BCUT2D eigenvalue weighted by Gasteiger charge is -2.12. The van der Waals surface area contributed by atoms with Gasteiger partial charge in [-0.05, 0) is 30.3 Å². The summed E-state index contributed by atoms with van der Waals surface area (Å²) in [5, 5.41) is 7.42. The molecule has 5 nitrogen and oxygen atoms in total. The van der Waals surface area contributed by atoms with E-state index in [0.717, 1.165) is 31.1 Å². The predicted molar refractivity (Wildman–Crippen MR) is 78.1 cm³/mol. The molecule has 1 aromatic heterocycles. The van der Waals surface area contributed by atoms with Crippen LogP contribution in [0.15, 0.2) is 36.7 Å². The van der Waals surface area contributed by atoms with E-state index in [1.807, 2.05) is 29.1 Å². The summed E-state index contributed by atoms with van der Waals surface area (Å²) in [5.41, 5.74) is 1.18. The second-order valence-electron chi connectivity index (χ2n) is 4.38. The van der Waals surface area contributed by atoms with Crippen molar-refractivity contribution in [2.75, 3.05) is 20.3 Å². The van der Waals surface area contributed by atoms with Crippen LogP contribution >= 0.6 is 0 Å². The molecule has 0 saturated heterocycles. The molecular weight excluding hydrogens is 254 g/mol. The summed E-state index contributed by atoms with van der Waals surface area (Å²) in [4.78, 5) is 0. The molecule has 1 N–H and O–H groups in total. The predicted octanol–water partition coefficient (Wildman–Crippen LogP) is 2.08. The van der Waals surface area contributed by atoms with Crippen LogP contribution in [0, 0.1) is 0 Å². The first kappa shape index (κ1) is 14.4. The van der Waals surface area contributed by atoms with Crippen molar-refractivity contribution in [1.82, 2.24) is 15.1 Å². The number of aromatic nitrogens is 2. The second kappa shape index (κ2) is 7.55. The topological polar surface area (TPSA) is 48.3 Å². The first-order valence-electron chi connectivity index (χ1n) is 6.81. The second-order valence-corrected chi connectivity index (χ2v) is 4.38. The average Bonchev–Trinajstić information content (AvgIpc) is 2.99. The molecule has 0 saturated carbocycles. The summed E-state index contributed by atoms with van der Waals surface area (Å²) >= 11 is 0. The molecule has 0 aliphatic heterocycles. The highest BCUT2D eigenvalue weighted by Crippen LogP contribution is 2.28. The highest BCUT2D eigenvalue weighted by atomic mass is 16.5. The number of nitrogens with zero attached hydrogens (tertiary/aromatic N) is 2. The Morgan fingerprint density at radius 2 is 2.20 bits per heavy atom. The van der Waals surface area contributed by atoms with Gasteiger partial charge in [-0.15, -0.1) is 0 Å². The molecule has 1 heterocycles. The van der Waals surface area contributed by atoms with E-state index in [9.17, 15) is 0 Å². The number of benzene rings is 1. The molecule has 5 heteroatoms. The molecule has 0 atom stereocenters. The molecular formula is C15H21N3O2. The van der Waals surface area contributed by atoms with Crippen LogP contribution in [-0.2, 0) is 13.1 Å². The Bertz CT molecular complexity index is 512. The Morgan fingerprint density at radius 1 is 1.30 bits per heavy atom. The van der Waals surface area contributed by atoms with Crippen molar-refractivity contribution >= 4 is 0 Å². The first-order chi connectivity index (χ1) is 9.83. The Morgan fingerprint density at radius 3 is 2.90 bits per heavy atom. The standard InChI is InChI=1S/C15H21N3O2/c1-3-16-12-13-5-6-14(15(11-13)19-2)20-10-9-18-8-4-7-17-18/h4-8,11,16H,3,9-10,12H2,1-2H3. The third-order valence-corrected chi connectivity index (χ3v) is 2.94. The summed E-state index contributed by atoms with van der Waals surface area (Å²) in [7, 11) is 1.66. The minimum Gasteiger partial charge on any atom is -0.493 e. The van der Waals surface area contributed by atoms with Gasteiger partial charge in [-0.1, -0.05) is 13.0 Å². The molecule has 1 aromatic carbocycles. The highest BCUT2D eigenvalue weighted by molar-refractivity contribution is 5.42. The number of rotatable bonds is 8. The minimum atomic E-state index is 0.560. The fourth-order valence-electron chi connectivity index (χ4n) is 1.89. The average molecular weight is 275 g/mol. The van der Waals surface area contributed by atoms with Gasteiger partial charge in [0.05, 0.1) is 13.7 Å². The van der Waals surface area contributed by atoms with E-state index in [-0.39, 0.29) is 0 Å². The molecule has 0 aliphatic carbocycles. The Balaban J connectivity index is 1.92. The molecule has 0 amide bonds. The molecule has 0 spiro atoms. The Hall–Kier alpha value is -2.01. The van der Waals surface area contributed by atoms with Gasteiger partial charge >= 0.3 is 0 Å². The van der Waals surface area contributed by atoms with Crippen molar-refractivity contribution in [1.29, 1.82) is 0 Å². The van der Waals surface area contributed by atoms with Crippen molar-refractivity contribution in [2.45, 2.75) is 20.0 Å². The summed E-state index contributed by atoms with van der Waals surface area (Å²) in [6.07, 6.45) is 3.68. The molecule has 20 heavy (non-hydrogen) atoms. The number of methoxy groups -OCH3 is 1. The molecule has 0 bridgehead atoms. The number of ether oxygens (including phenoxy) is 2. The van der Waals surface area contributed by atoms with E-state index in [1.165, 1.54) is 5.56 Å². The quantitative estimate of drug-likeness (QED) is 0.801. The molecule has 2 rings (SSSR count). The zero-order valence-electron chi connectivity index (χ0n) is 12.0. The third-order valence-electron chi connectivity index (χ3n) is 2.94. The third kappa shape index (κ3) is 3.99. The molecule has 0 fully saturated rings. The number of hydrogen-bond donors (Lipinski definition) is 1. The van der Waals surface area contributed by atoms with Crippen molar-refractivity contribution < 1.29 is 9.47 Å². The van der Waals surface area contributed by atoms with Crippen molar-refractivity contribution in [2.24, 2.45) is 0 Å². The van der Waals surface area contributed by atoms with Gasteiger partial charge in [0.2, 0.25) is 0 Å². The van der Waals surface area contributed by atoms with Crippen LogP contribution in [0.1, 0.15) is 12.5 Å². The Kier molecular flexibility index (Phi) is 5.43. The lowest BCUT2D eigenvalue weighted by Crippen LogP contribution is -2.12. The van der Waals surface area contributed by atoms with Crippen LogP contribution in [0.3, 0.4) is 0 Å². The van der Waals surface area contributed by atoms with E-state index in [4.69, 9.17) is 9.47 Å². The van der Waals surface area contributed by atoms with E-state index in [1.54, 1.807) is 13.3 Å². The summed E-state index contributed by atoms with van der Waals surface area (Å²) < 4.78 is 13.0. The lowest BCUT2D eigenvalue weighted by molar-refractivity contribution is 0.274. The molecule has 0 aliphatic rings. The summed E-state index contributed by atoms with van der Waals surface area (Å²) in [5.74, 6) is 1.53. The van der Waals surface area contributed by atoms with Crippen LogP contribution in [0.4, 0.5) is 0 Å². The van der Waals surface area contributed by atoms with E-state index < -0.39 is 0 Å². The molecule has 0 radical (unpaired) electrons. The van der Waals surface area contributed by atoms with Gasteiger partial charge in [0.25, 0.3) is 0 Å². The molecule has 0 unspecified atom stereocenters. The van der Waals surface area contributed by atoms with E-state index in [2.05, 4.69) is 23.4 Å². The Labute approximate surface area is 119 Å². The number of hydrogen-bond acceptors (Lipinski definition) is 4. The van der Waals surface area contributed by atoms with Crippen LogP contribution in [0.25, 0.3) is 0 Å². The highest BCUT2D eigenvalue weighted by Gasteiger charge is 2.05. The maximum atomic E-state index is 5.75. The van der Waals surface area contributed by atoms with E-state index >= 15 is 0 Å². The van der Waals surface area contributed by atoms with Gasteiger partial charge in [-0.2, -0.15) is 5.10 Å². The zero-order chi connectivity index (χ0) is 14.2. The zero-order valence-corrected chi connectivity index (χ0v) is 12.0. The lowest BCUT2D eigenvalue weighted by atomic mass is 10.2. The first-order valence-corrected chi connectivity index (χ1v) is 6.81. The summed E-state index contributed by atoms with van der Waals surface area (Å²) in [6, 6.07) is 7.91. The minimum absolute atomic E-state index is 0.560. The SMILES string of the molecule is CCNCc1ccc(OCCn2cccn2)c(OC)c1. The largest absolute Gasteiger partial charge is 0.493 e. The summed E-state index contributed by atoms with van der Waals surface area (Å²) in [6.45, 7) is 5.15. The van der Waals surface area contributed by atoms with E-state index in [0.29, 0.717) is 6.61 Å². The van der Waals surface area contributed by atoms with Gasteiger partial charge in [0, 0.05) is 18.9 Å². The van der Waals surface area contributed by atoms with Gasteiger partial charge in [-0.3, -0.25) is 4.68 Å². The van der Waals surface area contributed by atoms with Gasteiger partial charge in [-0.25, -0.2) is 0 Å². The van der Waals surface area contributed by atoms with Crippen LogP contribution in [0.5, 0.6) is 11.5 Å². The monoisotopic (exact) mass is 275 g/mol. The maximum Gasteiger partial charge on any atom is 0.161 e. The fraction of sp³-hybridized carbons (Fsp3) is 0.400. The van der Waals surface area contributed by atoms with Gasteiger partial charge in [0.15, 0.2) is 11.5 Å². The van der Waals surface area contributed by atoms with Gasteiger partial charge < -0.3 is 14.8 Å². The van der Waals surface area contributed by atoms with Crippen molar-refractivity contribution in [3.8, 4) is 11.5 Å².